The zero-order valence-corrected chi connectivity index (χ0v) is 12.0. The summed E-state index contributed by atoms with van der Waals surface area (Å²) in [5.74, 6) is 2.70. The minimum Gasteiger partial charge on any atom is -0.356 e. The second-order valence-corrected chi connectivity index (χ2v) is 5.24. The first kappa shape index (κ1) is 13.8. The van der Waals surface area contributed by atoms with Crippen molar-refractivity contribution in [1.29, 1.82) is 0 Å². The lowest BCUT2D eigenvalue weighted by atomic mass is 10.1. The molecule has 1 fully saturated rings. The van der Waals surface area contributed by atoms with Crippen molar-refractivity contribution in [3.05, 3.63) is 11.9 Å². The molecule has 104 valence electrons. The molecule has 0 atom stereocenters. The Hall–Kier alpha value is -1.65. The highest BCUT2D eigenvalue weighted by Gasteiger charge is 2.15. The van der Waals surface area contributed by atoms with E-state index in [-0.39, 0.29) is 5.78 Å². The fourth-order valence-electron chi connectivity index (χ4n) is 2.43. The number of hydrogen-bond acceptors (Lipinski definition) is 5. The molecule has 1 aliphatic heterocycles. The molecule has 5 heteroatoms. The van der Waals surface area contributed by atoms with E-state index in [0.29, 0.717) is 6.54 Å². The van der Waals surface area contributed by atoms with Gasteiger partial charge in [-0.1, -0.05) is 0 Å². The Morgan fingerprint density at radius 1 is 1.32 bits per heavy atom. The third-order valence-electron chi connectivity index (χ3n) is 3.34. The van der Waals surface area contributed by atoms with E-state index in [1.165, 1.54) is 19.3 Å². The van der Waals surface area contributed by atoms with Gasteiger partial charge in [-0.2, -0.15) is 0 Å². The first-order valence-electron chi connectivity index (χ1n) is 6.87. The van der Waals surface area contributed by atoms with Crippen molar-refractivity contribution in [2.45, 2.75) is 33.1 Å². The molecule has 0 radical (unpaired) electrons. The smallest absolute Gasteiger partial charge is 0.149 e. The van der Waals surface area contributed by atoms with Crippen LogP contribution in [0.25, 0.3) is 0 Å². The van der Waals surface area contributed by atoms with Crippen molar-refractivity contribution < 1.29 is 4.79 Å². The number of anilines is 2. The molecule has 2 heterocycles. The summed E-state index contributed by atoms with van der Waals surface area (Å²) in [7, 11) is 1.89. The molecule has 0 saturated carbocycles. The molecular formula is C14H22N4O. The molecule has 5 nitrogen and oxygen atoms in total. The van der Waals surface area contributed by atoms with Crippen LogP contribution in [0, 0.1) is 6.92 Å². The number of hydrogen-bond donors (Lipinski definition) is 0. The van der Waals surface area contributed by atoms with Gasteiger partial charge in [-0.25, -0.2) is 9.97 Å². The summed E-state index contributed by atoms with van der Waals surface area (Å²) >= 11 is 0. The minimum absolute atomic E-state index is 0.137. The van der Waals surface area contributed by atoms with Gasteiger partial charge in [0.15, 0.2) is 0 Å². The highest BCUT2D eigenvalue weighted by molar-refractivity contribution is 5.80. The Labute approximate surface area is 114 Å². The normalized spacial score (nSPS) is 15.4. The summed E-state index contributed by atoms with van der Waals surface area (Å²) in [5, 5.41) is 0. The summed E-state index contributed by atoms with van der Waals surface area (Å²) in [6, 6.07) is 1.99. The second kappa shape index (κ2) is 5.99. The van der Waals surface area contributed by atoms with Crippen LogP contribution in [-0.2, 0) is 4.79 Å². The van der Waals surface area contributed by atoms with Crippen LogP contribution < -0.4 is 9.80 Å². The van der Waals surface area contributed by atoms with Crippen LogP contribution in [0.3, 0.4) is 0 Å². The maximum Gasteiger partial charge on any atom is 0.149 e. The molecule has 0 aromatic carbocycles. The molecule has 2 rings (SSSR count). The molecule has 0 unspecified atom stereocenters. The number of aromatic nitrogens is 2. The zero-order valence-electron chi connectivity index (χ0n) is 12.0. The van der Waals surface area contributed by atoms with Crippen LogP contribution >= 0.6 is 0 Å². The standard InChI is InChI=1S/C14H22N4O/c1-11(19)10-17(3)13-9-14(16-12(2)15-13)18-7-5-4-6-8-18/h9H,4-8,10H2,1-3H3. The van der Waals surface area contributed by atoms with E-state index in [2.05, 4.69) is 14.9 Å². The average Bonchev–Trinajstić information content (AvgIpc) is 2.38. The molecule has 0 bridgehead atoms. The summed E-state index contributed by atoms with van der Waals surface area (Å²) in [6.07, 6.45) is 3.75. The lowest BCUT2D eigenvalue weighted by Gasteiger charge is -2.28. The SMILES string of the molecule is CC(=O)CN(C)c1cc(N2CCCCC2)nc(C)n1. The van der Waals surface area contributed by atoms with E-state index in [9.17, 15) is 4.79 Å². The van der Waals surface area contributed by atoms with Gasteiger partial charge >= 0.3 is 0 Å². The number of nitrogens with zero attached hydrogens (tertiary/aromatic N) is 4. The summed E-state index contributed by atoms with van der Waals surface area (Å²) in [5.41, 5.74) is 0. The van der Waals surface area contributed by atoms with Crippen molar-refractivity contribution in [3.8, 4) is 0 Å². The molecule has 1 aromatic rings. The Morgan fingerprint density at radius 3 is 2.63 bits per heavy atom. The summed E-state index contributed by atoms with van der Waals surface area (Å²) in [4.78, 5) is 24.3. The van der Waals surface area contributed by atoms with E-state index in [4.69, 9.17) is 0 Å². The van der Waals surface area contributed by atoms with Gasteiger partial charge in [0.1, 0.15) is 23.2 Å². The Balaban J connectivity index is 2.20. The van der Waals surface area contributed by atoms with Gasteiger partial charge in [0.2, 0.25) is 0 Å². The van der Waals surface area contributed by atoms with Crippen molar-refractivity contribution in [3.63, 3.8) is 0 Å². The number of piperidine rings is 1. The van der Waals surface area contributed by atoms with Crippen LogP contribution in [-0.4, -0.2) is 42.4 Å². The molecule has 1 aliphatic rings. The van der Waals surface area contributed by atoms with E-state index < -0.39 is 0 Å². The first-order chi connectivity index (χ1) is 9.06. The fourth-order valence-corrected chi connectivity index (χ4v) is 2.43. The molecule has 0 aliphatic carbocycles. The summed E-state index contributed by atoms with van der Waals surface area (Å²) in [6.45, 7) is 6.00. The highest BCUT2D eigenvalue weighted by atomic mass is 16.1. The predicted molar refractivity (Wildman–Crippen MR) is 76.8 cm³/mol. The third-order valence-corrected chi connectivity index (χ3v) is 3.34. The first-order valence-corrected chi connectivity index (χ1v) is 6.87. The van der Waals surface area contributed by atoms with Gasteiger partial charge < -0.3 is 9.80 Å². The zero-order chi connectivity index (χ0) is 13.8. The van der Waals surface area contributed by atoms with Crippen molar-refractivity contribution in [2.75, 3.05) is 36.5 Å². The molecule has 0 spiro atoms. The van der Waals surface area contributed by atoms with Crippen LogP contribution in [0.5, 0.6) is 0 Å². The van der Waals surface area contributed by atoms with Gasteiger partial charge in [-0.3, -0.25) is 4.79 Å². The number of carbonyl (C=O) groups is 1. The summed E-state index contributed by atoms with van der Waals surface area (Å²) < 4.78 is 0. The van der Waals surface area contributed by atoms with E-state index >= 15 is 0 Å². The monoisotopic (exact) mass is 262 g/mol. The number of aryl methyl sites for hydroxylation is 1. The minimum atomic E-state index is 0.137. The van der Waals surface area contributed by atoms with Crippen LogP contribution in [0.2, 0.25) is 0 Å². The van der Waals surface area contributed by atoms with Gasteiger partial charge in [0, 0.05) is 26.2 Å². The lowest BCUT2D eigenvalue weighted by molar-refractivity contribution is -0.115. The quantitative estimate of drug-likeness (QED) is 0.828. The molecule has 19 heavy (non-hydrogen) atoms. The fraction of sp³-hybridized carbons (Fsp3) is 0.643. The van der Waals surface area contributed by atoms with Crippen LogP contribution in [0.1, 0.15) is 32.0 Å². The molecular weight excluding hydrogens is 240 g/mol. The Morgan fingerprint density at radius 2 is 2.00 bits per heavy atom. The number of rotatable bonds is 4. The van der Waals surface area contributed by atoms with Gasteiger partial charge in [0.25, 0.3) is 0 Å². The van der Waals surface area contributed by atoms with Crippen LogP contribution in [0.15, 0.2) is 6.07 Å². The number of Topliss-reactive ketones (excluding diaryl/α,β-unsaturated/α-hetero) is 1. The average molecular weight is 262 g/mol. The van der Waals surface area contributed by atoms with Gasteiger partial charge in [-0.05, 0) is 33.1 Å². The Kier molecular flexibility index (Phi) is 4.35. The molecule has 0 N–H and O–H groups in total. The largest absolute Gasteiger partial charge is 0.356 e. The second-order valence-electron chi connectivity index (χ2n) is 5.24. The van der Waals surface area contributed by atoms with Crippen LogP contribution in [0.4, 0.5) is 11.6 Å². The molecule has 0 amide bonds. The van der Waals surface area contributed by atoms with E-state index in [1.807, 2.05) is 24.9 Å². The van der Waals surface area contributed by atoms with E-state index in [0.717, 1.165) is 30.5 Å². The predicted octanol–water partition coefficient (Wildman–Crippen LogP) is 1.80. The maximum absolute atomic E-state index is 11.2. The molecule has 1 saturated heterocycles. The lowest BCUT2D eigenvalue weighted by Crippen LogP contribution is -2.31. The third kappa shape index (κ3) is 3.66. The molecule has 1 aromatic heterocycles. The van der Waals surface area contributed by atoms with Crippen molar-refractivity contribution in [1.82, 2.24) is 9.97 Å². The number of ketones is 1. The maximum atomic E-state index is 11.2. The van der Waals surface area contributed by atoms with E-state index in [1.54, 1.807) is 6.92 Å². The topological polar surface area (TPSA) is 49.3 Å². The number of likely N-dealkylation sites (N-methyl/N-ethyl adjacent to an activating group) is 1. The Bertz CT molecular complexity index is 455. The van der Waals surface area contributed by atoms with Gasteiger partial charge in [0.05, 0.1) is 6.54 Å². The highest BCUT2D eigenvalue weighted by Crippen LogP contribution is 2.21. The van der Waals surface area contributed by atoms with Gasteiger partial charge in [-0.15, -0.1) is 0 Å². The van der Waals surface area contributed by atoms with Crippen molar-refractivity contribution in [2.24, 2.45) is 0 Å². The van der Waals surface area contributed by atoms with Crippen molar-refractivity contribution >= 4 is 17.4 Å². The number of carbonyl (C=O) groups excluding carboxylic acids is 1.